The number of nitrogens with two attached hydrogens (primary N) is 1. The minimum atomic E-state index is -0.553. The number of benzene rings is 2. The summed E-state index contributed by atoms with van der Waals surface area (Å²) in [6.45, 7) is 0.0270. The third-order valence-electron chi connectivity index (χ3n) is 3.94. The summed E-state index contributed by atoms with van der Waals surface area (Å²) in [6.07, 6.45) is 0. The zero-order valence-corrected chi connectivity index (χ0v) is 16.1. The van der Waals surface area contributed by atoms with Crippen molar-refractivity contribution in [2.75, 3.05) is 14.2 Å². The Morgan fingerprint density at radius 1 is 1.04 bits per heavy atom. The molecule has 3 rings (SSSR count). The van der Waals surface area contributed by atoms with E-state index in [1.807, 2.05) is 23.6 Å². The van der Waals surface area contributed by atoms with E-state index in [4.69, 9.17) is 19.9 Å². The van der Waals surface area contributed by atoms with E-state index in [-0.39, 0.29) is 6.61 Å². The van der Waals surface area contributed by atoms with E-state index in [0.717, 1.165) is 10.6 Å². The molecule has 0 fully saturated rings. The van der Waals surface area contributed by atoms with Gasteiger partial charge in [0.25, 0.3) is 0 Å². The van der Waals surface area contributed by atoms with E-state index in [9.17, 15) is 9.59 Å². The first-order valence-corrected chi connectivity index (χ1v) is 9.14. The third kappa shape index (κ3) is 4.12. The van der Waals surface area contributed by atoms with Gasteiger partial charge >= 0.3 is 5.97 Å². The lowest BCUT2D eigenvalue weighted by molar-refractivity contribution is 0.0468. The Kier molecular flexibility index (Phi) is 5.90. The molecule has 0 unspecified atom stereocenters. The van der Waals surface area contributed by atoms with Gasteiger partial charge in [-0.2, -0.15) is 0 Å². The third-order valence-corrected chi connectivity index (χ3v) is 4.87. The molecule has 28 heavy (non-hydrogen) atoms. The summed E-state index contributed by atoms with van der Waals surface area (Å²) < 4.78 is 16.0. The molecule has 2 aromatic carbocycles. The first kappa shape index (κ1) is 19.4. The second-order valence-electron chi connectivity index (χ2n) is 5.70. The fourth-order valence-corrected chi connectivity index (χ4v) is 3.37. The number of nitrogens with zero attached hydrogens (tertiary/aromatic N) is 1. The van der Waals surface area contributed by atoms with Crippen LogP contribution in [0, 0.1) is 0 Å². The molecule has 2 N–H and O–H groups in total. The van der Waals surface area contributed by atoms with Gasteiger partial charge in [0, 0.05) is 10.9 Å². The van der Waals surface area contributed by atoms with Crippen LogP contribution in [0.25, 0.3) is 10.6 Å². The number of primary amides is 1. The fraction of sp³-hybridized carbons (Fsp3) is 0.150. The number of carbonyl (C=O) groups excluding carboxylic acids is 2. The van der Waals surface area contributed by atoms with Gasteiger partial charge in [-0.25, -0.2) is 9.78 Å². The van der Waals surface area contributed by atoms with Crippen molar-refractivity contribution in [3.05, 3.63) is 64.7 Å². The molecule has 0 radical (unpaired) electrons. The monoisotopic (exact) mass is 398 g/mol. The molecule has 0 saturated carbocycles. The summed E-state index contributed by atoms with van der Waals surface area (Å²) >= 11 is 1.41. The Labute approximate surface area is 165 Å². The molecular formula is C20H18N2O5S. The van der Waals surface area contributed by atoms with Crippen molar-refractivity contribution < 1.29 is 23.8 Å². The van der Waals surface area contributed by atoms with Crippen molar-refractivity contribution in [1.82, 2.24) is 4.98 Å². The van der Waals surface area contributed by atoms with Crippen LogP contribution < -0.4 is 15.2 Å². The number of hydrogen-bond donors (Lipinski definition) is 1. The minimum Gasteiger partial charge on any atom is -0.493 e. The number of thiazole rings is 1. The molecule has 1 heterocycles. The SMILES string of the molecule is COc1cccc(-c2nc(COC(=O)c3ccc(C(N)=O)cc3)cs2)c1OC. The number of para-hydroxylation sites is 1. The number of aromatic nitrogens is 1. The van der Waals surface area contributed by atoms with Crippen LogP contribution in [0.1, 0.15) is 26.4 Å². The summed E-state index contributed by atoms with van der Waals surface area (Å²) in [5, 5.41) is 2.55. The topological polar surface area (TPSA) is 101 Å². The Morgan fingerprint density at radius 2 is 1.75 bits per heavy atom. The second kappa shape index (κ2) is 8.53. The van der Waals surface area contributed by atoms with E-state index in [1.54, 1.807) is 14.2 Å². The van der Waals surface area contributed by atoms with Gasteiger partial charge in [-0.15, -0.1) is 11.3 Å². The van der Waals surface area contributed by atoms with Gasteiger partial charge in [0.1, 0.15) is 11.6 Å². The van der Waals surface area contributed by atoms with Crippen LogP contribution in [0.15, 0.2) is 47.8 Å². The maximum Gasteiger partial charge on any atom is 0.338 e. The van der Waals surface area contributed by atoms with E-state index >= 15 is 0 Å². The van der Waals surface area contributed by atoms with Gasteiger partial charge in [-0.05, 0) is 36.4 Å². The summed E-state index contributed by atoms with van der Waals surface area (Å²) in [7, 11) is 3.14. The highest BCUT2D eigenvalue weighted by Gasteiger charge is 2.15. The van der Waals surface area contributed by atoms with Crippen LogP contribution in [-0.2, 0) is 11.3 Å². The summed E-state index contributed by atoms with van der Waals surface area (Å²) in [5.41, 5.74) is 7.26. The zero-order valence-electron chi connectivity index (χ0n) is 15.3. The average Bonchev–Trinajstić information content (AvgIpc) is 3.20. The highest BCUT2D eigenvalue weighted by Crippen LogP contribution is 2.39. The maximum absolute atomic E-state index is 12.2. The Morgan fingerprint density at radius 3 is 2.39 bits per heavy atom. The number of rotatable bonds is 7. The van der Waals surface area contributed by atoms with E-state index in [0.29, 0.717) is 28.3 Å². The highest BCUT2D eigenvalue weighted by atomic mass is 32.1. The van der Waals surface area contributed by atoms with Crippen LogP contribution in [0.5, 0.6) is 11.5 Å². The van der Waals surface area contributed by atoms with Gasteiger partial charge in [0.05, 0.1) is 31.0 Å². The van der Waals surface area contributed by atoms with Crippen molar-refractivity contribution >= 4 is 23.2 Å². The molecule has 8 heteroatoms. The molecule has 0 aliphatic heterocycles. The number of hydrogen-bond acceptors (Lipinski definition) is 7. The molecule has 3 aromatic rings. The van der Waals surface area contributed by atoms with Crippen molar-refractivity contribution in [1.29, 1.82) is 0 Å². The lowest BCUT2D eigenvalue weighted by Crippen LogP contribution is -2.11. The van der Waals surface area contributed by atoms with Crippen molar-refractivity contribution in [2.24, 2.45) is 5.73 Å². The predicted molar refractivity (Wildman–Crippen MR) is 105 cm³/mol. The number of esters is 1. The Bertz CT molecular complexity index is 998. The first-order chi connectivity index (χ1) is 13.5. The molecule has 144 valence electrons. The highest BCUT2D eigenvalue weighted by molar-refractivity contribution is 7.13. The van der Waals surface area contributed by atoms with Gasteiger partial charge in [-0.1, -0.05) is 6.07 Å². The molecule has 0 saturated heterocycles. The van der Waals surface area contributed by atoms with Crippen molar-refractivity contribution in [3.8, 4) is 22.1 Å². The van der Waals surface area contributed by atoms with Crippen LogP contribution in [0.4, 0.5) is 0 Å². The standard InChI is InChI=1S/C20H18N2O5S/c1-25-16-5-3-4-15(17(16)26-2)19-22-14(11-28-19)10-27-20(24)13-8-6-12(7-9-13)18(21)23/h3-9,11H,10H2,1-2H3,(H2,21,23). The largest absolute Gasteiger partial charge is 0.493 e. The molecule has 1 aromatic heterocycles. The number of ether oxygens (including phenoxy) is 3. The van der Waals surface area contributed by atoms with Crippen LogP contribution in [0.2, 0.25) is 0 Å². The molecule has 0 atom stereocenters. The van der Waals surface area contributed by atoms with Crippen LogP contribution in [-0.4, -0.2) is 31.1 Å². The maximum atomic E-state index is 12.2. The van der Waals surface area contributed by atoms with E-state index < -0.39 is 11.9 Å². The van der Waals surface area contributed by atoms with Crippen molar-refractivity contribution in [3.63, 3.8) is 0 Å². The second-order valence-corrected chi connectivity index (χ2v) is 6.56. The van der Waals surface area contributed by atoms with Gasteiger partial charge < -0.3 is 19.9 Å². The van der Waals surface area contributed by atoms with Crippen molar-refractivity contribution in [2.45, 2.75) is 6.61 Å². The molecule has 1 amide bonds. The number of carbonyl (C=O) groups is 2. The van der Waals surface area contributed by atoms with Crippen LogP contribution >= 0.6 is 11.3 Å². The normalized spacial score (nSPS) is 10.4. The molecule has 0 bridgehead atoms. The average molecular weight is 398 g/mol. The lowest BCUT2D eigenvalue weighted by atomic mass is 10.1. The van der Waals surface area contributed by atoms with E-state index in [1.165, 1.54) is 35.6 Å². The molecule has 7 nitrogen and oxygen atoms in total. The summed E-state index contributed by atoms with van der Waals surface area (Å²) in [4.78, 5) is 27.8. The zero-order chi connectivity index (χ0) is 20.1. The Hall–Kier alpha value is -3.39. The fourth-order valence-electron chi connectivity index (χ4n) is 2.55. The summed E-state index contributed by atoms with van der Waals surface area (Å²) in [6, 6.07) is 11.5. The Balaban J connectivity index is 1.70. The number of methoxy groups -OCH3 is 2. The van der Waals surface area contributed by atoms with Gasteiger partial charge in [0.15, 0.2) is 11.5 Å². The molecular weight excluding hydrogens is 380 g/mol. The van der Waals surface area contributed by atoms with E-state index in [2.05, 4.69) is 4.98 Å². The number of amides is 1. The summed E-state index contributed by atoms with van der Waals surface area (Å²) in [5.74, 6) is 0.146. The predicted octanol–water partition coefficient (Wildman–Crippen LogP) is 3.28. The molecule has 0 aliphatic rings. The van der Waals surface area contributed by atoms with Gasteiger partial charge in [0.2, 0.25) is 5.91 Å². The van der Waals surface area contributed by atoms with Gasteiger partial charge in [-0.3, -0.25) is 4.79 Å². The lowest BCUT2D eigenvalue weighted by Gasteiger charge is -2.10. The first-order valence-electron chi connectivity index (χ1n) is 8.26. The molecule has 0 aliphatic carbocycles. The minimum absolute atomic E-state index is 0.0270. The molecule has 0 spiro atoms. The quantitative estimate of drug-likeness (QED) is 0.613. The smallest absolute Gasteiger partial charge is 0.338 e. The van der Waals surface area contributed by atoms with Crippen LogP contribution in [0.3, 0.4) is 0 Å².